The molecule has 0 aromatic carbocycles. The fourth-order valence-corrected chi connectivity index (χ4v) is 4.00. The van der Waals surface area contributed by atoms with Gasteiger partial charge in [-0.2, -0.15) is 4.98 Å². The molecule has 12 nitrogen and oxygen atoms in total. The molecule has 0 radical (unpaired) electrons. The predicted octanol–water partition coefficient (Wildman–Crippen LogP) is 2.88. The first-order chi connectivity index (χ1) is 18.6. The summed E-state index contributed by atoms with van der Waals surface area (Å²) >= 11 is 0. The van der Waals surface area contributed by atoms with E-state index in [1.807, 2.05) is 39.8 Å². The Morgan fingerprint density at radius 2 is 1.90 bits per heavy atom. The molecule has 39 heavy (non-hydrogen) atoms. The zero-order valence-corrected chi connectivity index (χ0v) is 22.8. The number of carbonyl (C=O) groups is 2. The smallest absolute Gasteiger partial charge is 0.410 e. The number of hydrogen-bond acceptors (Lipinski definition) is 10. The molecule has 0 saturated carbocycles. The fraction of sp³-hybridized carbons (Fsp3) is 0.444. The minimum atomic E-state index is -0.531. The number of rotatable bonds is 8. The monoisotopic (exact) mass is 537 g/mol. The zero-order valence-electron chi connectivity index (χ0n) is 22.8. The Kier molecular flexibility index (Phi) is 8.65. The summed E-state index contributed by atoms with van der Waals surface area (Å²) in [6.45, 7) is 11.0. The number of nitrogens with zero attached hydrogens (tertiary/aromatic N) is 5. The summed E-state index contributed by atoms with van der Waals surface area (Å²) in [6, 6.07) is 7.17. The van der Waals surface area contributed by atoms with Crippen LogP contribution in [-0.2, 0) is 11.3 Å². The van der Waals surface area contributed by atoms with Crippen LogP contribution >= 0.6 is 0 Å². The van der Waals surface area contributed by atoms with Gasteiger partial charge in [0.05, 0.1) is 18.5 Å². The van der Waals surface area contributed by atoms with Gasteiger partial charge in [0, 0.05) is 38.9 Å². The topological polar surface area (TPSA) is 149 Å². The molecule has 208 valence electrons. The van der Waals surface area contributed by atoms with Gasteiger partial charge in [-0.3, -0.25) is 14.7 Å². The lowest BCUT2D eigenvalue weighted by Crippen LogP contribution is -2.50. The van der Waals surface area contributed by atoms with Crippen molar-refractivity contribution in [2.45, 2.75) is 39.8 Å². The van der Waals surface area contributed by atoms with Gasteiger partial charge in [0.2, 0.25) is 11.7 Å². The third-order valence-corrected chi connectivity index (χ3v) is 6.08. The molecule has 3 aromatic heterocycles. The maximum absolute atomic E-state index is 13.2. The van der Waals surface area contributed by atoms with Crippen LogP contribution in [0.4, 0.5) is 10.6 Å². The molecular weight excluding hydrogens is 502 g/mol. The Hall–Kier alpha value is -4.19. The highest BCUT2D eigenvalue weighted by Gasteiger charge is 2.26. The number of hydrogen-bond donors (Lipinski definition) is 2. The molecule has 4 heterocycles. The molecule has 0 bridgehead atoms. The van der Waals surface area contributed by atoms with Crippen molar-refractivity contribution in [2.75, 3.05) is 45.1 Å². The van der Waals surface area contributed by atoms with Crippen molar-refractivity contribution in [3.8, 4) is 17.5 Å². The highest BCUT2D eigenvalue weighted by molar-refractivity contribution is 6.00. The van der Waals surface area contributed by atoms with Crippen molar-refractivity contribution in [1.82, 2.24) is 30.1 Å². The third-order valence-electron chi connectivity index (χ3n) is 6.08. The van der Waals surface area contributed by atoms with Crippen LogP contribution in [0.2, 0.25) is 0 Å². The third kappa shape index (κ3) is 7.44. The number of aryl methyl sites for hydroxylation is 1. The van der Waals surface area contributed by atoms with E-state index in [1.54, 1.807) is 23.2 Å². The minimum absolute atomic E-state index is 0.0207. The molecule has 2 amide bonds. The Bertz CT molecular complexity index is 1280. The van der Waals surface area contributed by atoms with E-state index in [0.717, 1.165) is 11.3 Å². The maximum Gasteiger partial charge on any atom is 0.410 e. The number of piperazine rings is 1. The number of furan rings is 1. The van der Waals surface area contributed by atoms with E-state index in [-0.39, 0.29) is 42.3 Å². The number of nitrogens with one attached hydrogen (secondary N) is 1. The Morgan fingerprint density at radius 1 is 1.13 bits per heavy atom. The molecule has 1 fully saturated rings. The van der Waals surface area contributed by atoms with E-state index in [4.69, 9.17) is 19.6 Å². The molecule has 3 N–H and O–H groups in total. The Labute approximate surface area is 227 Å². The Morgan fingerprint density at radius 3 is 2.56 bits per heavy atom. The molecule has 1 saturated heterocycles. The summed E-state index contributed by atoms with van der Waals surface area (Å²) in [5, 5.41) is 2.84. The Balaban J connectivity index is 1.41. The van der Waals surface area contributed by atoms with Crippen LogP contribution in [0, 0.1) is 6.92 Å². The van der Waals surface area contributed by atoms with Gasteiger partial charge < -0.3 is 29.8 Å². The van der Waals surface area contributed by atoms with Crippen LogP contribution in [0.1, 0.15) is 42.4 Å². The number of anilines is 1. The maximum atomic E-state index is 13.2. The van der Waals surface area contributed by atoms with E-state index >= 15 is 0 Å². The fourth-order valence-electron chi connectivity index (χ4n) is 4.00. The lowest BCUT2D eigenvalue weighted by atomic mass is 10.2. The number of amides is 2. The molecule has 12 heteroatoms. The molecule has 4 rings (SSSR count). The first kappa shape index (κ1) is 27.8. The van der Waals surface area contributed by atoms with Gasteiger partial charge in [-0.25, -0.2) is 9.78 Å². The number of carbonyl (C=O) groups excluding carboxylic acids is 2. The highest BCUT2D eigenvalue weighted by atomic mass is 16.6. The van der Waals surface area contributed by atoms with Gasteiger partial charge >= 0.3 is 6.09 Å². The lowest BCUT2D eigenvalue weighted by Gasteiger charge is -2.35. The number of nitrogens with two attached hydrogens (primary N) is 1. The van der Waals surface area contributed by atoms with Crippen molar-refractivity contribution in [1.29, 1.82) is 0 Å². The van der Waals surface area contributed by atoms with Crippen molar-refractivity contribution >= 4 is 17.8 Å². The van der Waals surface area contributed by atoms with Crippen molar-refractivity contribution < 1.29 is 23.5 Å². The van der Waals surface area contributed by atoms with E-state index < -0.39 is 11.5 Å². The van der Waals surface area contributed by atoms with E-state index in [0.29, 0.717) is 38.5 Å². The van der Waals surface area contributed by atoms with Crippen LogP contribution in [0.25, 0.3) is 11.6 Å². The normalized spacial score (nSPS) is 14.2. The van der Waals surface area contributed by atoms with Crippen LogP contribution < -0.4 is 15.8 Å². The highest BCUT2D eigenvalue weighted by Crippen LogP contribution is 2.26. The number of aromatic nitrogens is 3. The molecule has 0 unspecified atom stereocenters. The second-order valence-corrected chi connectivity index (χ2v) is 10.2. The summed E-state index contributed by atoms with van der Waals surface area (Å²) in [5.74, 6) is 0.199. The van der Waals surface area contributed by atoms with Crippen LogP contribution in [0.5, 0.6) is 5.88 Å². The quantitative estimate of drug-likeness (QED) is 0.439. The minimum Gasteiger partial charge on any atom is -0.476 e. The first-order valence-electron chi connectivity index (χ1n) is 12.8. The summed E-state index contributed by atoms with van der Waals surface area (Å²) in [7, 11) is 0. The van der Waals surface area contributed by atoms with E-state index in [2.05, 4.69) is 25.2 Å². The van der Waals surface area contributed by atoms with Crippen LogP contribution in [0.15, 0.2) is 41.1 Å². The average Bonchev–Trinajstić information content (AvgIpc) is 3.42. The molecule has 1 aliphatic rings. The molecular formula is C27H35N7O5. The zero-order chi connectivity index (χ0) is 28.0. The van der Waals surface area contributed by atoms with Crippen LogP contribution in [-0.4, -0.2) is 81.7 Å². The number of ether oxygens (including phenoxy) is 2. The largest absolute Gasteiger partial charge is 0.476 e. The van der Waals surface area contributed by atoms with Gasteiger partial charge in [-0.05, 0) is 51.5 Å². The number of nitrogen functional groups attached to an aromatic ring is 1. The second kappa shape index (κ2) is 12.1. The van der Waals surface area contributed by atoms with E-state index in [1.165, 1.54) is 6.26 Å². The van der Waals surface area contributed by atoms with E-state index in [9.17, 15) is 9.59 Å². The average molecular weight is 538 g/mol. The summed E-state index contributed by atoms with van der Waals surface area (Å²) in [4.78, 5) is 42.4. The van der Waals surface area contributed by atoms with Crippen molar-refractivity contribution in [2.24, 2.45) is 0 Å². The van der Waals surface area contributed by atoms with Gasteiger partial charge in [0.1, 0.15) is 23.6 Å². The standard InChI is InChI=1S/C27H35N7O5/c1-18-7-5-9-29-19(18)17-30-24(35)21-22(28)31-23(20-8-6-15-37-20)32-25(21)38-16-14-33-10-12-34(13-11-33)26(36)39-27(2,3)4/h5-9,15H,10-14,16-17H2,1-4H3,(H,30,35)(H2,28,31,32). The molecule has 0 spiro atoms. The second-order valence-electron chi connectivity index (χ2n) is 10.2. The van der Waals surface area contributed by atoms with Gasteiger partial charge in [0.25, 0.3) is 5.91 Å². The molecule has 3 aromatic rings. The van der Waals surface area contributed by atoms with Crippen LogP contribution in [0.3, 0.4) is 0 Å². The number of pyridine rings is 1. The molecule has 1 aliphatic heterocycles. The predicted molar refractivity (Wildman–Crippen MR) is 144 cm³/mol. The first-order valence-corrected chi connectivity index (χ1v) is 12.8. The molecule has 0 atom stereocenters. The van der Waals surface area contributed by atoms with Gasteiger partial charge in [-0.15, -0.1) is 0 Å². The summed E-state index contributed by atoms with van der Waals surface area (Å²) in [5.41, 5.74) is 7.44. The summed E-state index contributed by atoms with van der Waals surface area (Å²) < 4.78 is 16.9. The van der Waals surface area contributed by atoms with Gasteiger partial charge in [0.15, 0.2) is 5.76 Å². The lowest BCUT2D eigenvalue weighted by molar-refractivity contribution is 0.0136. The summed E-state index contributed by atoms with van der Waals surface area (Å²) in [6.07, 6.45) is 2.87. The van der Waals surface area contributed by atoms with Crippen molar-refractivity contribution in [3.05, 3.63) is 53.5 Å². The van der Waals surface area contributed by atoms with Gasteiger partial charge in [-0.1, -0.05) is 6.07 Å². The molecule has 0 aliphatic carbocycles. The SMILES string of the molecule is Cc1cccnc1CNC(=O)c1c(N)nc(-c2ccco2)nc1OCCN1CCN(C(=O)OC(C)(C)C)CC1. The van der Waals surface area contributed by atoms with Crippen molar-refractivity contribution in [3.63, 3.8) is 0 Å².